The molecule has 1 atom stereocenters. The summed E-state index contributed by atoms with van der Waals surface area (Å²) in [6, 6.07) is 4.49. The van der Waals surface area contributed by atoms with Crippen molar-refractivity contribution in [3.63, 3.8) is 0 Å². The Bertz CT molecular complexity index is 413. The van der Waals surface area contributed by atoms with Crippen molar-refractivity contribution in [1.29, 1.82) is 0 Å². The van der Waals surface area contributed by atoms with Gasteiger partial charge >= 0.3 is 0 Å². The third-order valence-corrected chi connectivity index (χ3v) is 5.04. The molecule has 1 aliphatic rings. The molecule has 0 bridgehead atoms. The van der Waals surface area contributed by atoms with Gasteiger partial charge in [0, 0.05) is 35.4 Å². The third kappa shape index (κ3) is 4.51. The lowest BCUT2D eigenvalue weighted by Crippen LogP contribution is -2.52. The highest BCUT2D eigenvalue weighted by Gasteiger charge is 2.39. The number of halogens is 1. The van der Waals surface area contributed by atoms with Crippen LogP contribution in [-0.4, -0.2) is 30.3 Å². The second kappa shape index (κ2) is 8.25. The van der Waals surface area contributed by atoms with E-state index < -0.39 is 0 Å². The summed E-state index contributed by atoms with van der Waals surface area (Å²) >= 11 is 3.45. The van der Waals surface area contributed by atoms with E-state index in [1.165, 1.54) is 25.7 Å². The number of likely N-dealkylation sites (N-methyl/N-ethyl adjacent to an activating group) is 1. The van der Waals surface area contributed by atoms with Crippen LogP contribution in [0.3, 0.4) is 0 Å². The van der Waals surface area contributed by atoms with Crippen molar-refractivity contribution in [2.24, 2.45) is 0 Å². The lowest BCUT2D eigenvalue weighted by Gasteiger charge is -2.40. The number of aromatic nitrogens is 1. The minimum absolute atomic E-state index is 0.0330. The second-order valence-corrected chi connectivity index (χ2v) is 6.84. The standard InChI is InChI=1S/C17H27BrN2O/c1-3-21-17(10-6-4-5-7-11-17)16(19-2)12-15-9-8-14(18)13-20-15/h8-9,13,16,19H,3-7,10-12H2,1-2H3. The van der Waals surface area contributed by atoms with Gasteiger partial charge in [-0.15, -0.1) is 0 Å². The van der Waals surface area contributed by atoms with Crippen LogP contribution in [-0.2, 0) is 11.2 Å². The third-order valence-electron chi connectivity index (χ3n) is 4.57. The molecular weight excluding hydrogens is 328 g/mol. The van der Waals surface area contributed by atoms with Crippen LogP contribution < -0.4 is 5.32 Å². The van der Waals surface area contributed by atoms with E-state index in [2.05, 4.69) is 52.3 Å². The molecule has 4 heteroatoms. The Morgan fingerprint density at radius 1 is 1.29 bits per heavy atom. The van der Waals surface area contributed by atoms with Crippen LogP contribution in [0, 0.1) is 0 Å². The smallest absolute Gasteiger partial charge is 0.0838 e. The number of hydrogen-bond acceptors (Lipinski definition) is 3. The number of ether oxygens (including phenoxy) is 1. The molecule has 1 N–H and O–H groups in total. The molecule has 0 aliphatic heterocycles. The molecule has 1 aromatic heterocycles. The summed E-state index contributed by atoms with van der Waals surface area (Å²) in [4.78, 5) is 4.53. The minimum Gasteiger partial charge on any atom is -0.374 e. The predicted molar refractivity (Wildman–Crippen MR) is 90.5 cm³/mol. The maximum absolute atomic E-state index is 6.30. The average Bonchev–Trinajstić information content (AvgIpc) is 2.73. The SMILES string of the molecule is CCOC1(C(Cc2ccc(Br)cn2)NC)CCCCCC1. The highest BCUT2D eigenvalue weighted by molar-refractivity contribution is 9.10. The molecule has 118 valence electrons. The summed E-state index contributed by atoms with van der Waals surface area (Å²) in [6.45, 7) is 2.89. The molecule has 0 radical (unpaired) electrons. The zero-order valence-electron chi connectivity index (χ0n) is 13.2. The molecule has 1 heterocycles. The Morgan fingerprint density at radius 2 is 2.00 bits per heavy atom. The molecule has 3 nitrogen and oxygen atoms in total. The monoisotopic (exact) mass is 354 g/mol. The van der Waals surface area contributed by atoms with Crippen LogP contribution in [0.1, 0.15) is 51.1 Å². The van der Waals surface area contributed by atoms with Gasteiger partial charge in [-0.05, 0) is 54.9 Å². The van der Waals surface area contributed by atoms with Crippen LogP contribution in [0.2, 0.25) is 0 Å². The fourth-order valence-electron chi connectivity index (χ4n) is 3.50. The highest BCUT2D eigenvalue weighted by atomic mass is 79.9. The lowest BCUT2D eigenvalue weighted by molar-refractivity contribution is -0.0754. The van der Waals surface area contributed by atoms with Crippen LogP contribution in [0.15, 0.2) is 22.8 Å². The quantitative estimate of drug-likeness (QED) is 0.780. The number of pyridine rings is 1. The minimum atomic E-state index is -0.0330. The van der Waals surface area contributed by atoms with Gasteiger partial charge in [0.2, 0.25) is 0 Å². The number of rotatable bonds is 6. The zero-order valence-corrected chi connectivity index (χ0v) is 14.8. The van der Waals surface area contributed by atoms with E-state index in [4.69, 9.17) is 4.74 Å². The highest BCUT2D eigenvalue weighted by Crippen LogP contribution is 2.34. The van der Waals surface area contributed by atoms with Crippen molar-refractivity contribution in [3.05, 3.63) is 28.5 Å². The van der Waals surface area contributed by atoms with E-state index in [1.807, 2.05) is 6.20 Å². The summed E-state index contributed by atoms with van der Waals surface area (Å²) in [5, 5.41) is 3.51. The van der Waals surface area contributed by atoms with E-state index in [1.54, 1.807) is 0 Å². The molecule has 1 unspecified atom stereocenters. The predicted octanol–water partition coefficient (Wildman–Crippen LogP) is 4.10. The van der Waals surface area contributed by atoms with Gasteiger partial charge in [0.15, 0.2) is 0 Å². The fourth-order valence-corrected chi connectivity index (χ4v) is 3.73. The van der Waals surface area contributed by atoms with Crippen molar-refractivity contribution in [1.82, 2.24) is 10.3 Å². The molecule has 0 aromatic carbocycles. The van der Waals surface area contributed by atoms with Gasteiger partial charge in [0.05, 0.1) is 5.60 Å². The Labute approximate surface area is 137 Å². The van der Waals surface area contributed by atoms with Crippen molar-refractivity contribution >= 4 is 15.9 Å². The molecule has 1 saturated carbocycles. The summed E-state index contributed by atoms with van der Waals surface area (Å²) < 4.78 is 7.33. The maximum atomic E-state index is 6.30. The van der Waals surface area contributed by atoms with Gasteiger partial charge < -0.3 is 10.1 Å². The van der Waals surface area contributed by atoms with E-state index in [0.717, 1.165) is 36.0 Å². The number of hydrogen-bond donors (Lipinski definition) is 1. The van der Waals surface area contributed by atoms with Crippen molar-refractivity contribution in [2.75, 3.05) is 13.7 Å². The molecule has 0 saturated heterocycles. The Hall–Kier alpha value is -0.450. The first-order valence-corrected chi connectivity index (χ1v) is 8.91. The lowest BCUT2D eigenvalue weighted by atomic mass is 9.83. The van der Waals surface area contributed by atoms with E-state index >= 15 is 0 Å². The molecule has 1 aliphatic carbocycles. The maximum Gasteiger partial charge on any atom is 0.0838 e. The van der Waals surface area contributed by atoms with Crippen LogP contribution in [0.5, 0.6) is 0 Å². The van der Waals surface area contributed by atoms with Gasteiger partial charge in [-0.25, -0.2) is 0 Å². The van der Waals surface area contributed by atoms with Crippen LogP contribution in [0.4, 0.5) is 0 Å². The van der Waals surface area contributed by atoms with Gasteiger partial charge in [-0.2, -0.15) is 0 Å². The molecular formula is C17H27BrN2O. The topological polar surface area (TPSA) is 34.1 Å². The van der Waals surface area contributed by atoms with Gasteiger partial charge in [-0.3, -0.25) is 4.98 Å². The van der Waals surface area contributed by atoms with Crippen LogP contribution in [0.25, 0.3) is 0 Å². The summed E-state index contributed by atoms with van der Waals surface area (Å²) in [5.41, 5.74) is 1.09. The number of nitrogens with zero attached hydrogens (tertiary/aromatic N) is 1. The van der Waals surface area contributed by atoms with E-state index in [-0.39, 0.29) is 5.60 Å². The fraction of sp³-hybridized carbons (Fsp3) is 0.706. The normalized spacial score (nSPS) is 20.0. The molecule has 21 heavy (non-hydrogen) atoms. The van der Waals surface area contributed by atoms with Gasteiger partial charge in [-0.1, -0.05) is 25.7 Å². The van der Waals surface area contributed by atoms with Crippen molar-refractivity contribution < 1.29 is 4.74 Å². The van der Waals surface area contributed by atoms with Gasteiger partial charge in [0.1, 0.15) is 0 Å². The van der Waals surface area contributed by atoms with Crippen LogP contribution >= 0.6 is 15.9 Å². The van der Waals surface area contributed by atoms with Crippen molar-refractivity contribution in [2.45, 2.75) is 63.5 Å². The molecule has 1 fully saturated rings. The van der Waals surface area contributed by atoms with Crippen molar-refractivity contribution in [3.8, 4) is 0 Å². The number of nitrogens with one attached hydrogen (secondary N) is 1. The summed E-state index contributed by atoms with van der Waals surface area (Å²) in [6.07, 6.45) is 10.3. The molecule has 1 aromatic rings. The van der Waals surface area contributed by atoms with Gasteiger partial charge in [0.25, 0.3) is 0 Å². The Balaban J connectivity index is 2.16. The molecule has 0 spiro atoms. The Kier molecular flexibility index (Phi) is 6.65. The molecule has 0 amide bonds. The first kappa shape index (κ1) is 16.9. The first-order chi connectivity index (χ1) is 10.2. The first-order valence-electron chi connectivity index (χ1n) is 8.12. The van der Waals surface area contributed by atoms with E-state index in [9.17, 15) is 0 Å². The summed E-state index contributed by atoms with van der Waals surface area (Å²) in [7, 11) is 2.05. The Morgan fingerprint density at radius 3 is 2.52 bits per heavy atom. The largest absolute Gasteiger partial charge is 0.374 e. The average molecular weight is 355 g/mol. The van der Waals surface area contributed by atoms with E-state index in [0.29, 0.717) is 6.04 Å². The summed E-state index contributed by atoms with van der Waals surface area (Å²) in [5.74, 6) is 0. The second-order valence-electron chi connectivity index (χ2n) is 5.93. The molecule has 2 rings (SSSR count). The zero-order chi connectivity index (χ0) is 15.1.